The minimum Gasteiger partial charge on any atom is -0.504 e. The number of terminal acetylenes is 1. The number of nitrogens with zero attached hydrogens (tertiary/aromatic N) is 1. The summed E-state index contributed by atoms with van der Waals surface area (Å²) in [5, 5.41) is 33.3. The average Bonchev–Trinajstić information content (AvgIpc) is 2.93. The highest BCUT2D eigenvalue weighted by molar-refractivity contribution is 5.89. The highest BCUT2D eigenvalue weighted by Gasteiger charge is 2.77. The summed E-state index contributed by atoms with van der Waals surface area (Å²) in [4.78, 5) is 12.6. The summed E-state index contributed by atoms with van der Waals surface area (Å²) in [6, 6.07) is 2.85. The molecule has 1 unspecified atom stereocenters. The molecule has 25 heavy (non-hydrogen) atoms. The standard InChI is InChI=1S/C19H19NO5/c1-2-8-20(24)9-7-18-15-11-3-4-12(21)16(15)25-17(18)13(22)5-6-19(18,23)14(20)10-11/h1,3-4,14,17,23-24H,5-10H2/p+1/t14-,17+,18+,19-,20?/m1/s1. The SMILES string of the molecule is C#CC[N+]1(O)CC[C@]23c4c5ccc(O)c4O[C@H]2C(=O)CC[C@@]3(O)[C@H]1C5. The summed E-state index contributed by atoms with van der Waals surface area (Å²) < 4.78 is 5.54. The molecule has 2 bridgehead atoms. The van der Waals surface area contributed by atoms with Crippen LogP contribution in [0.2, 0.25) is 0 Å². The minimum atomic E-state index is -1.29. The van der Waals surface area contributed by atoms with Crippen LogP contribution in [0.1, 0.15) is 30.4 Å². The first-order valence-corrected chi connectivity index (χ1v) is 8.67. The van der Waals surface area contributed by atoms with Gasteiger partial charge < -0.3 is 14.9 Å². The summed E-state index contributed by atoms with van der Waals surface area (Å²) >= 11 is 0. The van der Waals surface area contributed by atoms with Crippen molar-refractivity contribution in [2.24, 2.45) is 0 Å². The lowest BCUT2D eigenvalue weighted by Gasteiger charge is -2.62. The number of rotatable bonds is 1. The average molecular weight is 342 g/mol. The van der Waals surface area contributed by atoms with Crippen molar-refractivity contribution in [2.45, 2.75) is 48.8 Å². The second-order valence-corrected chi connectivity index (χ2v) is 7.85. The molecule has 3 N–H and O–H groups in total. The van der Waals surface area contributed by atoms with Gasteiger partial charge in [0, 0.05) is 24.8 Å². The molecule has 6 heteroatoms. The zero-order chi connectivity index (χ0) is 17.6. The number of phenolic OH excluding ortho intramolecular Hbond substituents is 1. The van der Waals surface area contributed by atoms with Gasteiger partial charge in [-0.25, -0.2) is 5.21 Å². The first-order chi connectivity index (χ1) is 11.9. The van der Waals surface area contributed by atoms with Crippen molar-refractivity contribution in [2.75, 3.05) is 13.1 Å². The van der Waals surface area contributed by atoms with Crippen molar-refractivity contribution in [1.29, 1.82) is 0 Å². The van der Waals surface area contributed by atoms with E-state index >= 15 is 0 Å². The van der Waals surface area contributed by atoms with Gasteiger partial charge >= 0.3 is 0 Å². The summed E-state index contributed by atoms with van der Waals surface area (Å²) in [5.41, 5.74) is -0.529. The molecule has 2 heterocycles. The van der Waals surface area contributed by atoms with Crippen molar-refractivity contribution in [3.63, 3.8) is 0 Å². The second kappa shape index (κ2) is 4.36. The van der Waals surface area contributed by atoms with Crippen LogP contribution in [0.25, 0.3) is 0 Å². The molecule has 1 aromatic rings. The predicted octanol–water partition coefficient (Wildman–Crippen LogP) is 0.653. The third-order valence-electron chi connectivity index (χ3n) is 6.97. The van der Waals surface area contributed by atoms with Crippen LogP contribution in [0.3, 0.4) is 0 Å². The fraction of sp³-hybridized carbons (Fsp3) is 0.526. The lowest BCUT2D eigenvalue weighted by atomic mass is 9.49. The van der Waals surface area contributed by atoms with Gasteiger partial charge in [-0.3, -0.25) is 4.79 Å². The lowest BCUT2D eigenvalue weighted by Crippen LogP contribution is -2.80. The molecule has 1 saturated heterocycles. The van der Waals surface area contributed by atoms with Crippen molar-refractivity contribution in [1.82, 2.24) is 0 Å². The number of aliphatic hydroxyl groups is 1. The fourth-order valence-corrected chi connectivity index (χ4v) is 5.95. The molecule has 1 saturated carbocycles. The number of carbonyl (C=O) groups excluding carboxylic acids is 1. The molecule has 4 aliphatic rings. The molecule has 0 aromatic heterocycles. The Labute approximate surface area is 145 Å². The highest BCUT2D eigenvalue weighted by atomic mass is 16.6. The number of carbonyl (C=O) groups is 1. The van der Waals surface area contributed by atoms with E-state index in [1.54, 1.807) is 12.1 Å². The number of hydrogen-bond donors (Lipinski definition) is 3. The molecule has 5 atom stereocenters. The Kier molecular flexibility index (Phi) is 2.65. The zero-order valence-corrected chi connectivity index (χ0v) is 13.7. The molecule has 0 radical (unpaired) electrons. The Morgan fingerprint density at radius 2 is 2.20 bits per heavy atom. The topological polar surface area (TPSA) is 87.0 Å². The highest BCUT2D eigenvalue weighted by Crippen LogP contribution is 2.65. The van der Waals surface area contributed by atoms with Crippen LogP contribution in [0, 0.1) is 12.3 Å². The maximum Gasteiger partial charge on any atom is 0.174 e. The third kappa shape index (κ3) is 1.47. The Bertz CT molecular complexity index is 860. The Morgan fingerprint density at radius 3 is 2.96 bits per heavy atom. The summed E-state index contributed by atoms with van der Waals surface area (Å²) in [6.07, 6.45) is 5.96. The number of aromatic hydroxyl groups is 1. The number of hydroxylamine groups is 3. The molecule has 2 fully saturated rings. The lowest BCUT2D eigenvalue weighted by molar-refractivity contribution is -1.12. The molecular weight excluding hydrogens is 322 g/mol. The maximum atomic E-state index is 12.6. The largest absolute Gasteiger partial charge is 0.504 e. The number of benzene rings is 1. The van der Waals surface area contributed by atoms with Crippen molar-refractivity contribution in [3.05, 3.63) is 23.3 Å². The van der Waals surface area contributed by atoms with Crippen molar-refractivity contribution < 1.29 is 29.6 Å². The van der Waals surface area contributed by atoms with Gasteiger partial charge in [0.05, 0.1) is 5.41 Å². The number of likely N-dealkylation sites (tertiary alicyclic amines) is 1. The van der Waals surface area contributed by atoms with Gasteiger partial charge in [0.15, 0.2) is 36.0 Å². The minimum absolute atomic E-state index is 0.00456. The van der Waals surface area contributed by atoms with E-state index in [9.17, 15) is 20.2 Å². The van der Waals surface area contributed by atoms with E-state index in [0.717, 1.165) is 11.1 Å². The molecule has 1 aromatic carbocycles. The number of hydrogen-bond acceptors (Lipinski definition) is 5. The third-order valence-corrected chi connectivity index (χ3v) is 6.97. The van der Waals surface area contributed by atoms with E-state index in [4.69, 9.17) is 11.2 Å². The van der Waals surface area contributed by atoms with E-state index in [2.05, 4.69) is 5.92 Å². The van der Waals surface area contributed by atoms with Gasteiger partial charge in [-0.15, -0.1) is 6.42 Å². The summed E-state index contributed by atoms with van der Waals surface area (Å²) in [6.45, 7) is 0.460. The van der Waals surface area contributed by atoms with Gasteiger partial charge in [-0.1, -0.05) is 6.07 Å². The Balaban J connectivity index is 1.82. The molecule has 0 amide bonds. The van der Waals surface area contributed by atoms with E-state index in [1.807, 2.05) is 0 Å². The van der Waals surface area contributed by atoms with Gasteiger partial charge in [0.2, 0.25) is 0 Å². The number of ketones is 1. The van der Waals surface area contributed by atoms with Crippen LogP contribution in [0.4, 0.5) is 0 Å². The van der Waals surface area contributed by atoms with E-state index < -0.39 is 23.2 Å². The molecule has 130 valence electrons. The van der Waals surface area contributed by atoms with E-state index in [-0.39, 0.29) is 35.6 Å². The number of piperidine rings is 1. The fourth-order valence-electron chi connectivity index (χ4n) is 5.95. The van der Waals surface area contributed by atoms with E-state index in [1.165, 1.54) is 0 Å². The molecular formula is C19H20NO5+. The van der Waals surface area contributed by atoms with Gasteiger partial charge in [0.1, 0.15) is 12.1 Å². The Morgan fingerprint density at radius 1 is 1.40 bits per heavy atom. The summed E-state index contributed by atoms with van der Waals surface area (Å²) in [5.74, 6) is 2.80. The Hall–Kier alpha value is -2.07. The van der Waals surface area contributed by atoms with Crippen LogP contribution < -0.4 is 4.74 Å². The summed E-state index contributed by atoms with van der Waals surface area (Å²) in [7, 11) is 0. The molecule has 5 rings (SSSR count). The normalized spacial score (nSPS) is 43.2. The van der Waals surface area contributed by atoms with Crippen LogP contribution >= 0.6 is 0 Å². The van der Waals surface area contributed by atoms with Gasteiger partial charge in [-0.2, -0.15) is 4.65 Å². The molecule has 1 spiro atoms. The van der Waals surface area contributed by atoms with Crippen LogP contribution in [0.5, 0.6) is 11.5 Å². The van der Waals surface area contributed by atoms with Crippen LogP contribution in [-0.2, 0) is 16.6 Å². The van der Waals surface area contributed by atoms with Gasteiger partial charge in [-0.05, 0) is 24.0 Å². The molecule has 2 aliphatic carbocycles. The number of quaternary nitrogens is 1. The molecule has 2 aliphatic heterocycles. The smallest absolute Gasteiger partial charge is 0.174 e. The number of phenols is 1. The van der Waals surface area contributed by atoms with Crippen LogP contribution in [0.15, 0.2) is 12.1 Å². The maximum absolute atomic E-state index is 12.6. The zero-order valence-electron chi connectivity index (χ0n) is 13.7. The number of Topliss-reactive ketones (excluding diaryl/α,β-unsaturated/α-hetero) is 1. The monoisotopic (exact) mass is 342 g/mol. The van der Waals surface area contributed by atoms with Crippen LogP contribution in [-0.4, -0.2) is 56.7 Å². The number of ether oxygens (including phenoxy) is 1. The quantitative estimate of drug-likeness (QED) is 0.515. The van der Waals surface area contributed by atoms with Crippen molar-refractivity contribution in [3.8, 4) is 23.8 Å². The predicted molar refractivity (Wildman–Crippen MR) is 86.1 cm³/mol. The van der Waals surface area contributed by atoms with Crippen molar-refractivity contribution >= 4 is 5.78 Å². The first kappa shape index (κ1) is 15.2. The van der Waals surface area contributed by atoms with Gasteiger partial charge in [0.25, 0.3) is 0 Å². The van der Waals surface area contributed by atoms with E-state index in [0.29, 0.717) is 25.1 Å². The molecule has 6 nitrogen and oxygen atoms in total. The second-order valence-electron chi connectivity index (χ2n) is 7.85. The first-order valence-electron chi connectivity index (χ1n) is 8.67.